The minimum atomic E-state index is -4.72. The lowest BCUT2D eigenvalue weighted by atomic mass is 10.0. The monoisotopic (exact) mass is 462 g/mol. The summed E-state index contributed by atoms with van der Waals surface area (Å²) in [6.45, 7) is 7.09. The second-order valence-electron chi connectivity index (χ2n) is 8.58. The zero-order valence-corrected chi connectivity index (χ0v) is 19.0. The molecule has 1 aliphatic carbocycles. The molecule has 170 valence electrons. The molecule has 0 saturated heterocycles. The first-order valence-electron chi connectivity index (χ1n) is 10.2. The van der Waals surface area contributed by atoms with Crippen LogP contribution in [0.2, 0.25) is 0 Å². The van der Waals surface area contributed by atoms with Gasteiger partial charge in [0, 0.05) is 28.6 Å². The number of aryl methyl sites for hydroxylation is 1. The summed E-state index contributed by atoms with van der Waals surface area (Å²) in [5.41, 5.74) is 1.10. The number of sulfone groups is 1. The van der Waals surface area contributed by atoms with E-state index in [2.05, 4.69) is 15.5 Å². The summed E-state index contributed by atoms with van der Waals surface area (Å²) >= 11 is 0. The van der Waals surface area contributed by atoms with Gasteiger partial charge in [0.05, 0.1) is 16.6 Å². The van der Waals surface area contributed by atoms with E-state index in [4.69, 9.17) is 0 Å². The fourth-order valence-corrected chi connectivity index (χ4v) is 5.00. The number of hydrogen-bond donors (Lipinski definition) is 1. The summed E-state index contributed by atoms with van der Waals surface area (Å²) in [5.74, 6) is -3.07. The number of rotatable bonds is 6. The molecule has 1 N–H and O–H groups in total. The van der Waals surface area contributed by atoms with Gasteiger partial charge in [0.1, 0.15) is 0 Å². The van der Waals surface area contributed by atoms with Crippen LogP contribution < -0.4 is 10.9 Å². The molecule has 1 aliphatic rings. The molecule has 2 heterocycles. The van der Waals surface area contributed by atoms with E-state index in [1.807, 2.05) is 6.92 Å². The highest BCUT2D eigenvalue weighted by Gasteiger charge is 2.40. The molecule has 32 heavy (non-hydrogen) atoms. The second-order valence-corrected chi connectivity index (χ2v) is 10.5. The maximum Gasteiger partial charge on any atom is 0.341 e. The third-order valence-electron chi connectivity index (χ3n) is 6.24. The van der Waals surface area contributed by atoms with Gasteiger partial charge in [-0.25, -0.2) is 8.42 Å². The van der Waals surface area contributed by atoms with Gasteiger partial charge >= 0.3 is 5.76 Å². The fraction of sp³-hybridized carbons (Fsp3) is 0.409. The molecular formula is C22H24F2N4O3S. The van der Waals surface area contributed by atoms with Gasteiger partial charge in [-0.05, 0) is 57.7 Å². The Bertz CT molecular complexity index is 1380. The molecule has 0 aliphatic heterocycles. The van der Waals surface area contributed by atoms with Crippen LogP contribution in [0.25, 0.3) is 10.8 Å². The van der Waals surface area contributed by atoms with Crippen LogP contribution in [0, 0.1) is 13.8 Å². The number of fused-ring (bicyclic) bond motifs is 1. The highest BCUT2D eigenvalue weighted by molar-refractivity contribution is 7.91. The van der Waals surface area contributed by atoms with Gasteiger partial charge in [-0.2, -0.15) is 13.9 Å². The van der Waals surface area contributed by atoms with Crippen molar-refractivity contribution in [1.29, 1.82) is 0 Å². The van der Waals surface area contributed by atoms with E-state index < -0.39 is 26.5 Å². The highest BCUT2D eigenvalue weighted by Crippen LogP contribution is 2.42. The summed E-state index contributed by atoms with van der Waals surface area (Å²) in [7, 11) is -4.72. The van der Waals surface area contributed by atoms with Gasteiger partial charge in [-0.3, -0.25) is 4.79 Å². The maximum atomic E-state index is 13.1. The quantitative estimate of drug-likeness (QED) is 0.593. The lowest BCUT2D eigenvalue weighted by Crippen LogP contribution is -2.27. The zero-order valence-electron chi connectivity index (χ0n) is 18.2. The van der Waals surface area contributed by atoms with Crippen molar-refractivity contribution >= 4 is 26.4 Å². The van der Waals surface area contributed by atoms with Crippen molar-refractivity contribution in [3.05, 3.63) is 57.6 Å². The summed E-state index contributed by atoms with van der Waals surface area (Å²) in [5, 5.41) is 13.0. The third kappa shape index (κ3) is 3.66. The second kappa shape index (κ2) is 7.61. The van der Waals surface area contributed by atoms with Crippen molar-refractivity contribution in [2.24, 2.45) is 0 Å². The van der Waals surface area contributed by atoms with Crippen LogP contribution in [0.1, 0.15) is 49.6 Å². The number of halogens is 2. The van der Waals surface area contributed by atoms with Gasteiger partial charge in [0.2, 0.25) is 9.84 Å². The van der Waals surface area contributed by atoms with E-state index in [0.717, 1.165) is 12.8 Å². The molecule has 10 heteroatoms. The number of pyridine rings is 1. The van der Waals surface area contributed by atoms with Gasteiger partial charge in [0.15, 0.2) is 5.82 Å². The molecule has 7 nitrogen and oxygen atoms in total. The molecule has 0 spiro atoms. The largest absolute Gasteiger partial charge is 0.361 e. The molecule has 0 amide bonds. The summed E-state index contributed by atoms with van der Waals surface area (Å²) in [6.07, 6.45) is 3.62. The predicted molar refractivity (Wildman–Crippen MR) is 118 cm³/mol. The average Bonchev–Trinajstić information content (AvgIpc) is 3.48. The van der Waals surface area contributed by atoms with Crippen molar-refractivity contribution < 1.29 is 17.2 Å². The molecule has 1 aromatic carbocycles. The highest BCUT2D eigenvalue weighted by atomic mass is 32.2. The number of alkyl halides is 2. The summed E-state index contributed by atoms with van der Waals surface area (Å²) < 4.78 is 52.0. The summed E-state index contributed by atoms with van der Waals surface area (Å²) in [4.78, 5) is 12.2. The van der Waals surface area contributed by atoms with E-state index in [0.29, 0.717) is 27.8 Å². The lowest BCUT2D eigenvalue weighted by molar-refractivity contribution is 0.234. The van der Waals surface area contributed by atoms with Crippen LogP contribution in [-0.2, 0) is 15.4 Å². The van der Waals surface area contributed by atoms with E-state index in [1.165, 1.54) is 19.1 Å². The molecule has 0 radical (unpaired) electrons. The number of anilines is 1. The maximum absolute atomic E-state index is 13.1. The van der Waals surface area contributed by atoms with Crippen molar-refractivity contribution in [2.45, 2.75) is 62.8 Å². The smallest absolute Gasteiger partial charge is 0.341 e. The van der Waals surface area contributed by atoms with Crippen LogP contribution >= 0.6 is 0 Å². The Morgan fingerprint density at radius 2 is 1.84 bits per heavy atom. The van der Waals surface area contributed by atoms with E-state index in [9.17, 15) is 22.0 Å². The molecule has 1 saturated carbocycles. The topological polar surface area (TPSA) is 93.9 Å². The Labute approximate surface area is 184 Å². The molecule has 3 aromatic rings. The first-order valence-corrected chi connectivity index (χ1v) is 11.8. The SMILES string of the molecule is Cc1c([C@@H](C)Nc2nnc(C)c3cc(=O)n(C4(C)CC4)cc23)cccc1S(=O)(=O)C(F)F. The standard InChI is InChI=1S/C22H24F2N4O3S/c1-12-15(6-5-7-18(12)32(30,31)21(23)24)13(2)25-20-17-11-28(22(4)8-9-22)19(29)10-16(17)14(3)26-27-20/h5-7,10-11,13,21H,8-9H2,1-4H3,(H,25,27)/t13-/m1/s1. The van der Waals surface area contributed by atoms with Crippen LogP contribution in [0.15, 0.2) is 40.2 Å². The Kier molecular flexibility index (Phi) is 5.31. The van der Waals surface area contributed by atoms with E-state index in [1.54, 1.807) is 36.7 Å². The predicted octanol–water partition coefficient (Wildman–Crippen LogP) is 4.09. The third-order valence-corrected chi connectivity index (χ3v) is 7.76. The van der Waals surface area contributed by atoms with Crippen LogP contribution in [0.3, 0.4) is 0 Å². The van der Waals surface area contributed by atoms with Gasteiger partial charge in [-0.1, -0.05) is 12.1 Å². The zero-order chi connectivity index (χ0) is 23.4. The molecular weight excluding hydrogens is 438 g/mol. The number of nitrogens with zero attached hydrogens (tertiary/aromatic N) is 3. The number of hydrogen-bond acceptors (Lipinski definition) is 6. The van der Waals surface area contributed by atoms with Crippen LogP contribution in [0.4, 0.5) is 14.6 Å². The molecule has 2 aromatic heterocycles. The molecule has 4 rings (SSSR count). The van der Waals surface area contributed by atoms with Gasteiger partial charge in [-0.15, -0.1) is 5.10 Å². The van der Waals surface area contributed by atoms with Gasteiger partial charge in [0.25, 0.3) is 5.56 Å². The average molecular weight is 463 g/mol. The van der Waals surface area contributed by atoms with Crippen LogP contribution in [0.5, 0.6) is 0 Å². The van der Waals surface area contributed by atoms with E-state index >= 15 is 0 Å². The van der Waals surface area contributed by atoms with E-state index in [-0.39, 0.29) is 16.7 Å². The molecule has 0 bridgehead atoms. The Hall–Kier alpha value is -2.88. The Morgan fingerprint density at radius 3 is 2.47 bits per heavy atom. The van der Waals surface area contributed by atoms with Crippen molar-refractivity contribution in [3.63, 3.8) is 0 Å². The number of nitrogens with one attached hydrogen (secondary N) is 1. The number of benzene rings is 1. The lowest BCUT2D eigenvalue weighted by Gasteiger charge is -2.21. The van der Waals surface area contributed by atoms with Crippen molar-refractivity contribution in [1.82, 2.24) is 14.8 Å². The Morgan fingerprint density at radius 1 is 1.16 bits per heavy atom. The molecule has 0 unspecified atom stereocenters. The number of aromatic nitrogens is 3. The van der Waals surface area contributed by atoms with Gasteiger partial charge < -0.3 is 9.88 Å². The van der Waals surface area contributed by atoms with Crippen molar-refractivity contribution in [2.75, 3.05) is 5.32 Å². The first kappa shape index (κ1) is 22.3. The fourth-order valence-electron chi connectivity index (χ4n) is 3.99. The van der Waals surface area contributed by atoms with Crippen molar-refractivity contribution in [3.8, 4) is 0 Å². The molecule has 1 atom stereocenters. The van der Waals surface area contributed by atoms with Crippen LogP contribution in [-0.4, -0.2) is 28.9 Å². The minimum Gasteiger partial charge on any atom is -0.361 e. The minimum absolute atomic E-state index is 0.103. The molecule has 1 fully saturated rings. The normalized spacial score (nSPS) is 16.3. The first-order chi connectivity index (χ1) is 15.0. The Balaban J connectivity index is 1.78. The summed E-state index contributed by atoms with van der Waals surface area (Å²) in [6, 6.07) is 5.41.